The molecule has 0 bridgehead atoms. The average Bonchev–Trinajstić information content (AvgIpc) is 1.80. The van der Waals surface area contributed by atoms with Crippen LogP contribution in [0.5, 0.6) is 0 Å². The van der Waals surface area contributed by atoms with Crippen LogP contribution in [0.3, 0.4) is 0 Å². The van der Waals surface area contributed by atoms with Gasteiger partial charge in [0, 0.05) is 0 Å². The predicted octanol–water partition coefficient (Wildman–Crippen LogP) is 0.302. The van der Waals surface area contributed by atoms with E-state index in [9.17, 15) is 0 Å². The van der Waals surface area contributed by atoms with Crippen molar-refractivity contribution in [1.29, 1.82) is 0 Å². The fourth-order valence-corrected chi connectivity index (χ4v) is 1.28. The maximum atomic E-state index is 5.73. The van der Waals surface area contributed by atoms with Crippen molar-refractivity contribution in [3.05, 3.63) is 22.8 Å². The Hall–Kier alpha value is -0.00156. The van der Waals surface area contributed by atoms with Gasteiger partial charge in [-0.2, -0.15) is 0 Å². The molecule has 1 aromatic rings. The molecule has 0 aliphatic rings. The van der Waals surface area contributed by atoms with Crippen molar-refractivity contribution in [2.24, 2.45) is 0 Å². The Bertz CT molecular complexity index is 224. The summed E-state index contributed by atoms with van der Waals surface area (Å²) >= 11 is 7.25. The molecule has 1 atom stereocenters. The molecule has 3 heteroatoms. The van der Waals surface area contributed by atoms with Crippen LogP contribution in [-0.2, 0) is 0 Å². The van der Waals surface area contributed by atoms with E-state index in [1.54, 1.807) is 0 Å². The Labute approximate surface area is 67.9 Å². The van der Waals surface area contributed by atoms with Gasteiger partial charge in [-0.1, -0.05) is 0 Å². The second-order valence-corrected chi connectivity index (χ2v) is 3.45. The maximum absolute atomic E-state index is 5.73. The molecule has 0 saturated carbocycles. The standard InChI is InChI=1S/C6H7AsClN/c1-4-5(8)2-3-6(7)9-4/h2-3H,7H2,1H3. The summed E-state index contributed by atoms with van der Waals surface area (Å²) in [7, 11) is 0. The van der Waals surface area contributed by atoms with E-state index in [-0.39, 0.29) is 0 Å². The molecule has 1 rings (SSSR count). The van der Waals surface area contributed by atoms with E-state index < -0.39 is 0 Å². The number of aryl methyl sites for hydroxylation is 1. The van der Waals surface area contributed by atoms with Crippen molar-refractivity contribution < 1.29 is 0 Å². The molecule has 0 fully saturated rings. The fraction of sp³-hybridized carbons (Fsp3) is 0.167. The normalized spacial score (nSPS) is 9.67. The van der Waals surface area contributed by atoms with E-state index in [0.29, 0.717) is 0 Å². The number of nitrogens with zero attached hydrogens (tertiary/aromatic N) is 1. The number of hydrogen-bond donors (Lipinski definition) is 0. The zero-order valence-corrected chi connectivity index (χ0v) is 8.24. The van der Waals surface area contributed by atoms with Crippen molar-refractivity contribution in [2.75, 3.05) is 0 Å². The quantitative estimate of drug-likeness (QED) is 0.553. The van der Waals surface area contributed by atoms with Crippen LogP contribution in [-0.4, -0.2) is 21.8 Å². The first kappa shape index (κ1) is 7.11. The van der Waals surface area contributed by atoms with Crippen LogP contribution >= 0.6 is 11.6 Å². The molecule has 0 amide bonds. The number of rotatable bonds is 0. The Balaban J connectivity index is 3.17. The minimum absolute atomic E-state index is 0.747. The summed E-state index contributed by atoms with van der Waals surface area (Å²) in [6.07, 6.45) is 0. The van der Waals surface area contributed by atoms with Crippen molar-refractivity contribution in [3.8, 4) is 0 Å². The van der Waals surface area contributed by atoms with E-state index in [0.717, 1.165) is 15.2 Å². The predicted molar refractivity (Wildman–Crippen MR) is 42.2 cm³/mol. The number of halogens is 1. The molecule has 0 aromatic carbocycles. The number of pyridine rings is 1. The fourth-order valence-electron chi connectivity index (χ4n) is 0.563. The first-order valence-electron chi connectivity index (χ1n) is 2.59. The summed E-state index contributed by atoms with van der Waals surface area (Å²) in [6.45, 7) is 1.91. The average molecular weight is 204 g/mol. The van der Waals surface area contributed by atoms with Crippen molar-refractivity contribution in [1.82, 2.24) is 4.98 Å². The molecule has 48 valence electrons. The van der Waals surface area contributed by atoms with Crippen LogP contribution in [0, 0.1) is 6.92 Å². The Kier molecular flexibility index (Phi) is 2.15. The monoisotopic (exact) mass is 203 g/mol. The molecule has 1 unspecified atom stereocenters. The van der Waals surface area contributed by atoms with Crippen LogP contribution in [0.1, 0.15) is 5.69 Å². The first-order chi connectivity index (χ1) is 4.20. The molecule has 1 heterocycles. The topological polar surface area (TPSA) is 12.9 Å². The van der Waals surface area contributed by atoms with Crippen LogP contribution in [0.2, 0.25) is 5.02 Å². The van der Waals surface area contributed by atoms with Crippen LogP contribution in [0.25, 0.3) is 0 Å². The van der Waals surface area contributed by atoms with Gasteiger partial charge in [-0.25, -0.2) is 0 Å². The molecule has 0 N–H and O–H groups in total. The van der Waals surface area contributed by atoms with Crippen molar-refractivity contribution in [2.45, 2.75) is 6.92 Å². The van der Waals surface area contributed by atoms with Crippen LogP contribution in [0.4, 0.5) is 0 Å². The van der Waals surface area contributed by atoms with Gasteiger partial charge in [0.25, 0.3) is 0 Å². The minimum atomic E-state index is 0.747. The molecule has 0 aliphatic carbocycles. The summed E-state index contributed by atoms with van der Waals surface area (Å²) in [5.41, 5.74) is 0.915. The number of hydrogen-bond acceptors (Lipinski definition) is 1. The van der Waals surface area contributed by atoms with E-state index in [2.05, 4.69) is 4.98 Å². The van der Waals surface area contributed by atoms with Gasteiger partial charge in [0.05, 0.1) is 0 Å². The van der Waals surface area contributed by atoms with Gasteiger partial charge in [-0.15, -0.1) is 0 Å². The molecule has 0 radical (unpaired) electrons. The van der Waals surface area contributed by atoms with E-state index in [1.165, 1.54) is 16.9 Å². The van der Waals surface area contributed by atoms with Gasteiger partial charge in [-0.3, -0.25) is 0 Å². The first-order valence-corrected chi connectivity index (χ1v) is 4.17. The SMILES string of the molecule is Cc1nc([AsH2])ccc1Cl. The second-order valence-electron chi connectivity index (χ2n) is 1.80. The van der Waals surface area contributed by atoms with Gasteiger partial charge in [0.1, 0.15) is 0 Å². The van der Waals surface area contributed by atoms with E-state index in [1.807, 2.05) is 19.1 Å². The molecule has 1 aromatic heterocycles. The van der Waals surface area contributed by atoms with Gasteiger partial charge >= 0.3 is 67.7 Å². The van der Waals surface area contributed by atoms with E-state index in [4.69, 9.17) is 11.6 Å². The second kappa shape index (κ2) is 2.72. The third kappa shape index (κ3) is 1.70. The van der Waals surface area contributed by atoms with Gasteiger partial charge < -0.3 is 0 Å². The van der Waals surface area contributed by atoms with Crippen LogP contribution in [0.15, 0.2) is 12.1 Å². The van der Waals surface area contributed by atoms with Crippen molar-refractivity contribution >= 4 is 32.9 Å². The van der Waals surface area contributed by atoms with Gasteiger partial charge in [0.15, 0.2) is 0 Å². The summed E-state index contributed by atoms with van der Waals surface area (Å²) in [4.78, 5) is 4.17. The molecule has 0 aliphatic heterocycles. The zero-order valence-electron chi connectivity index (χ0n) is 5.06. The molecular formula is C6H7AsClN. The number of aromatic nitrogens is 1. The molecule has 0 spiro atoms. The summed E-state index contributed by atoms with van der Waals surface area (Å²) in [5.74, 6) is 0. The summed E-state index contributed by atoms with van der Waals surface area (Å²) in [6, 6.07) is 3.80. The van der Waals surface area contributed by atoms with E-state index >= 15 is 0 Å². The van der Waals surface area contributed by atoms with Gasteiger partial charge in [-0.05, 0) is 0 Å². The molecule has 1 nitrogen and oxygen atoms in total. The Morgan fingerprint density at radius 3 is 2.67 bits per heavy atom. The van der Waals surface area contributed by atoms with Crippen LogP contribution < -0.4 is 4.48 Å². The molecular weight excluding hydrogens is 196 g/mol. The Morgan fingerprint density at radius 1 is 1.56 bits per heavy atom. The van der Waals surface area contributed by atoms with Gasteiger partial charge in [0.2, 0.25) is 0 Å². The Morgan fingerprint density at radius 2 is 2.22 bits per heavy atom. The third-order valence-corrected chi connectivity index (χ3v) is 2.12. The summed E-state index contributed by atoms with van der Waals surface area (Å²) in [5, 5.41) is 0.747. The molecule has 0 saturated heterocycles. The van der Waals surface area contributed by atoms with Crippen molar-refractivity contribution in [3.63, 3.8) is 0 Å². The molecule has 9 heavy (non-hydrogen) atoms. The zero-order chi connectivity index (χ0) is 6.85. The summed E-state index contributed by atoms with van der Waals surface area (Å²) < 4.78 is 1.07. The third-order valence-electron chi connectivity index (χ3n) is 1.04.